The molecule has 8 nitrogen and oxygen atoms in total. The van der Waals surface area contributed by atoms with E-state index in [1.807, 2.05) is 53.4 Å². The maximum Gasteiger partial charge on any atom is 0.409 e. The summed E-state index contributed by atoms with van der Waals surface area (Å²) in [4.78, 5) is 29.1. The Hall–Kier alpha value is -3.10. The van der Waals surface area contributed by atoms with Gasteiger partial charge in [-0.05, 0) is 30.7 Å². The van der Waals surface area contributed by atoms with Crippen LogP contribution in [0.25, 0.3) is 0 Å². The van der Waals surface area contributed by atoms with Gasteiger partial charge >= 0.3 is 6.09 Å². The predicted molar refractivity (Wildman–Crippen MR) is 130 cm³/mol. The van der Waals surface area contributed by atoms with E-state index in [1.54, 1.807) is 23.9 Å². The highest BCUT2D eigenvalue weighted by Crippen LogP contribution is 2.37. The smallest absolute Gasteiger partial charge is 0.409 e. The lowest BCUT2D eigenvalue weighted by Gasteiger charge is -2.34. The zero-order valence-corrected chi connectivity index (χ0v) is 20.2. The van der Waals surface area contributed by atoms with Gasteiger partial charge in [0, 0.05) is 43.2 Å². The zero-order valence-electron chi connectivity index (χ0n) is 19.4. The third-order valence-electron chi connectivity index (χ3n) is 6.11. The average Bonchev–Trinajstić information content (AvgIpc) is 3.30. The Morgan fingerprint density at radius 3 is 2.47 bits per heavy atom. The summed E-state index contributed by atoms with van der Waals surface area (Å²) in [6.45, 7) is 4.59. The molecule has 0 saturated carbocycles. The SMILES string of the molecule is CCOC(=O)N1CCN(CC(=O)N2N=C(c3ccccc3OC)CC2c2ccccc2Cl)CC1. The lowest BCUT2D eigenvalue weighted by atomic mass is 9.98. The van der Waals surface area contributed by atoms with Crippen molar-refractivity contribution >= 4 is 29.3 Å². The van der Waals surface area contributed by atoms with Gasteiger partial charge in [-0.2, -0.15) is 5.10 Å². The molecule has 0 spiro atoms. The molecule has 0 aliphatic carbocycles. The summed E-state index contributed by atoms with van der Waals surface area (Å²) in [7, 11) is 1.62. The summed E-state index contributed by atoms with van der Waals surface area (Å²) in [5.41, 5.74) is 2.50. The second kappa shape index (κ2) is 10.9. The van der Waals surface area contributed by atoms with Crippen LogP contribution in [0.2, 0.25) is 5.02 Å². The zero-order chi connectivity index (χ0) is 24.1. The van der Waals surface area contributed by atoms with Crippen LogP contribution in [0.4, 0.5) is 4.79 Å². The van der Waals surface area contributed by atoms with Gasteiger partial charge in [0.1, 0.15) is 5.75 Å². The van der Waals surface area contributed by atoms with Crippen molar-refractivity contribution < 1.29 is 19.1 Å². The number of hydrogen-bond acceptors (Lipinski definition) is 6. The summed E-state index contributed by atoms with van der Waals surface area (Å²) in [5.74, 6) is 0.600. The Balaban J connectivity index is 1.53. The number of rotatable bonds is 6. The van der Waals surface area contributed by atoms with Gasteiger partial charge in [-0.15, -0.1) is 0 Å². The molecule has 2 heterocycles. The fourth-order valence-corrected chi connectivity index (χ4v) is 4.60. The number of halogens is 1. The second-order valence-electron chi connectivity index (χ2n) is 8.19. The van der Waals surface area contributed by atoms with Crippen molar-refractivity contribution in [1.29, 1.82) is 0 Å². The predicted octanol–water partition coefficient (Wildman–Crippen LogP) is 3.80. The van der Waals surface area contributed by atoms with Gasteiger partial charge < -0.3 is 14.4 Å². The number of piperazine rings is 1. The molecular weight excluding hydrogens is 456 g/mol. The fraction of sp³-hybridized carbons (Fsp3) is 0.400. The Kier molecular flexibility index (Phi) is 7.70. The molecule has 0 bridgehead atoms. The molecule has 34 heavy (non-hydrogen) atoms. The number of amides is 2. The number of carbonyl (C=O) groups is 2. The molecule has 4 rings (SSSR count). The highest BCUT2D eigenvalue weighted by atomic mass is 35.5. The lowest BCUT2D eigenvalue weighted by Crippen LogP contribution is -2.51. The van der Waals surface area contributed by atoms with Crippen molar-refractivity contribution in [3.63, 3.8) is 0 Å². The van der Waals surface area contributed by atoms with E-state index >= 15 is 0 Å². The highest BCUT2D eigenvalue weighted by Gasteiger charge is 2.36. The van der Waals surface area contributed by atoms with Crippen LogP contribution in [0.3, 0.4) is 0 Å². The third kappa shape index (κ3) is 5.18. The first kappa shape index (κ1) is 24.0. The van der Waals surface area contributed by atoms with E-state index in [4.69, 9.17) is 26.2 Å². The number of carbonyl (C=O) groups excluding carboxylic acids is 2. The van der Waals surface area contributed by atoms with Crippen LogP contribution in [0.5, 0.6) is 5.75 Å². The van der Waals surface area contributed by atoms with Crippen molar-refractivity contribution in [3.05, 3.63) is 64.7 Å². The van der Waals surface area contributed by atoms with E-state index in [2.05, 4.69) is 0 Å². The molecule has 180 valence electrons. The van der Waals surface area contributed by atoms with E-state index < -0.39 is 0 Å². The van der Waals surface area contributed by atoms with Crippen LogP contribution in [-0.4, -0.2) is 79.0 Å². The van der Waals surface area contributed by atoms with E-state index in [1.165, 1.54) is 0 Å². The van der Waals surface area contributed by atoms with Gasteiger partial charge in [-0.3, -0.25) is 9.69 Å². The van der Waals surface area contributed by atoms with Gasteiger partial charge in [-0.1, -0.05) is 41.9 Å². The van der Waals surface area contributed by atoms with Crippen molar-refractivity contribution in [1.82, 2.24) is 14.8 Å². The largest absolute Gasteiger partial charge is 0.496 e. The average molecular weight is 485 g/mol. The lowest BCUT2D eigenvalue weighted by molar-refractivity contribution is -0.134. The molecule has 2 aromatic carbocycles. The molecule has 1 unspecified atom stereocenters. The standard InChI is InChI=1S/C25H29ClN4O4/c1-3-34-25(32)29-14-12-28(13-15-29)17-24(31)30-22(18-8-4-6-10-20(18)26)16-21(27-30)19-9-5-7-11-23(19)33-2/h4-11,22H,3,12-17H2,1-2H3. The van der Waals surface area contributed by atoms with Crippen molar-refractivity contribution in [2.45, 2.75) is 19.4 Å². The van der Waals surface area contributed by atoms with Crippen LogP contribution in [0.1, 0.15) is 30.5 Å². The maximum atomic E-state index is 13.5. The second-order valence-corrected chi connectivity index (χ2v) is 8.60. The van der Waals surface area contributed by atoms with Crippen LogP contribution in [-0.2, 0) is 9.53 Å². The topological polar surface area (TPSA) is 74.7 Å². The fourth-order valence-electron chi connectivity index (χ4n) is 4.34. The Morgan fingerprint density at radius 2 is 1.76 bits per heavy atom. The Morgan fingerprint density at radius 1 is 1.06 bits per heavy atom. The van der Waals surface area contributed by atoms with E-state index in [0.29, 0.717) is 50.0 Å². The monoisotopic (exact) mass is 484 g/mol. The molecular formula is C25H29ClN4O4. The first-order chi connectivity index (χ1) is 16.5. The number of nitrogens with zero attached hydrogens (tertiary/aromatic N) is 4. The number of hydrogen-bond donors (Lipinski definition) is 0. The number of benzene rings is 2. The van der Waals surface area contributed by atoms with Crippen molar-refractivity contribution in [3.8, 4) is 5.75 Å². The molecule has 0 radical (unpaired) electrons. The normalized spacial score (nSPS) is 18.6. The molecule has 2 aliphatic heterocycles. The molecule has 0 aromatic heterocycles. The van der Waals surface area contributed by atoms with Crippen molar-refractivity contribution in [2.24, 2.45) is 5.10 Å². The van der Waals surface area contributed by atoms with E-state index in [0.717, 1.165) is 16.8 Å². The Labute approximate surface area is 204 Å². The number of methoxy groups -OCH3 is 1. The van der Waals surface area contributed by atoms with E-state index in [-0.39, 0.29) is 24.6 Å². The summed E-state index contributed by atoms with van der Waals surface area (Å²) >= 11 is 6.52. The summed E-state index contributed by atoms with van der Waals surface area (Å²) in [6, 6.07) is 14.9. The van der Waals surface area contributed by atoms with Crippen molar-refractivity contribution in [2.75, 3.05) is 46.4 Å². The number of hydrazone groups is 1. The number of para-hydroxylation sites is 1. The van der Waals surface area contributed by atoms with Gasteiger partial charge in [0.25, 0.3) is 5.91 Å². The van der Waals surface area contributed by atoms with E-state index in [9.17, 15) is 9.59 Å². The Bertz CT molecular complexity index is 1070. The molecule has 2 aromatic rings. The summed E-state index contributed by atoms with van der Waals surface area (Å²) < 4.78 is 10.6. The molecule has 0 N–H and O–H groups in total. The molecule has 2 amide bonds. The third-order valence-corrected chi connectivity index (χ3v) is 6.45. The van der Waals surface area contributed by atoms with Crippen LogP contribution >= 0.6 is 11.6 Å². The van der Waals surface area contributed by atoms with Gasteiger partial charge in [0.05, 0.1) is 32.0 Å². The van der Waals surface area contributed by atoms with Gasteiger partial charge in [-0.25, -0.2) is 9.80 Å². The molecule has 2 aliphatic rings. The minimum atomic E-state index is -0.308. The van der Waals surface area contributed by atoms with Gasteiger partial charge in [0.15, 0.2) is 0 Å². The molecule has 9 heteroatoms. The van der Waals surface area contributed by atoms with Crippen LogP contribution in [0, 0.1) is 0 Å². The summed E-state index contributed by atoms with van der Waals surface area (Å²) in [5, 5.41) is 6.91. The molecule has 1 fully saturated rings. The molecule has 1 atom stereocenters. The first-order valence-corrected chi connectivity index (χ1v) is 11.8. The summed E-state index contributed by atoms with van der Waals surface area (Å²) in [6.07, 6.45) is 0.227. The highest BCUT2D eigenvalue weighted by molar-refractivity contribution is 6.31. The maximum absolute atomic E-state index is 13.5. The number of ether oxygens (including phenoxy) is 2. The van der Waals surface area contributed by atoms with Crippen LogP contribution in [0.15, 0.2) is 53.6 Å². The van der Waals surface area contributed by atoms with Crippen LogP contribution < -0.4 is 4.74 Å². The van der Waals surface area contributed by atoms with Gasteiger partial charge in [0.2, 0.25) is 0 Å². The quantitative estimate of drug-likeness (QED) is 0.623. The minimum Gasteiger partial charge on any atom is -0.496 e. The minimum absolute atomic E-state index is 0.112. The molecule has 1 saturated heterocycles. The first-order valence-electron chi connectivity index (χ1n) is 11.4.